The van der Waals surface area contributed by atoms with E-state index in [1.807, 2.05) is 42.7 Å². The molecular weight excluding hydrogens is 180 g/mol. The van der Waals surface area contributed by atoms with E-state index in [1.165, 1.54) is 0 Å². The molecular formula is C11H10OS. The summed E-state index contributed by atoms with van der Waals surface area (Å²) in [6.45, 7) is 0. The van der Waals surface area contributed by atoms with Gasteiger partial charge < -0.3 is 5.11 Å². The van der Waals surface area contributed by atoms with E-state index in [1.54, 1.807) is 11.8 Å². The van der Waals surface area contributed by atoms with Gasteiger partial charge in [-0.2, -0.15) is 0 Å². The number of hydrogen-bond donors (Lipinski definition) is 1. The summed E-state index contributed by atoms with van der Waals surface area (Å²) < 4.78 is 0. The minimum absolute atomic E-state index is 0.394. The van der Waals surface area contributed by atoms with Crippen LogP contribution in [0.4, 0.5) is 0 Å². The number of phenolic OH excluding ortho intramolecular Hbond substituents is 1. The van der Waals surface area contributed by atoms with Gasteiger partial charge in [0, 0.05) is 10.3 Å². The molecule has 0 unspecified atom stereocenters. The van der Waals surface area contributed by atoms with Crippen LogP contribution in [0, 0.1) is 0 Å². The van der Waals surface area contributed by atoms with Crippen molar-refractivity contribution in [3.8, 4) is 5.75 Å². The highest BCUT2D eigenvalue weighted by atomic mass is 32.2. The molecule has 0 aromatic heterocycles. The second kappa shape index (κ2) is 3.30. The zero-order valence-corrected chi connectivity index (χ0v) is 8.14. The van der Waals surface area contributed by atoms with Gasteiger partial charge >= 0.3 is 0 Å². The minimum atomic E-state index is 0.394. The molecule has 13 heavy (non-hydrogen) atoms. The topological polar surface area (TPSA) is 20.2 Å². The molecule has 1 nitrogen and oxygen atoms in total. The average molecular weight is 190 g/mol. The lowest BCUT2D eigenvalue weighted by molar-refractivity contribution is 0.469. The molecule has 0 aliphatic carbocycles. The summed E-state index contributed by atoms with van der Waals surface area (Å²) >= 11 is 1.56. The van der Waals surface area contributed by atoms with Crippen LogP contribution in [0.15, 0.2) is 41.3 Å². The van der Waals surface area contributed by atoms with E-state index in [-0.39, 0.29) is 0 Å². The normalized spacial score (nSPS) is 10.5. The van der Waals surface area contributed by atoms with E-state index < -0.39 is 0 Å². The van der Waals surface area contributed by atoms with Crippen molar-refractivity contribution in [3.05, 3.63) is 36.4 Å². The SMILES string of the molecule is CSc1ccc2ccccc2c1O. The Bertz CT molecular complexity index is 437. The molecule has 2 rings (SSSR count). The predicted molar refractivity (Wildman–Crippen MR) is 57.4 cm³/mol. The number of phenols is 1. The summed E-state index contributed by atoms with van der Waals surface area (Å²) in [5.74, 6) is 0.394. The van der Waals surface area contributed by atoms with Gasteiger partial charge in [0.15, 0.2) is 0 Å². The summed E-state index contributed by atoms with van der Waals surface area (Å²) in [5.41, 5.74) is 0. The van der Waals surface area contributed by atoms with Gasteiger partial charge in [0.1, 0.15) is 5.75 Å². The second-order valence-corrected chi connectivity index (χ2v) is 3.69. The molecule has 0 saturated heterocycles. The minimum Gasteiger partial charge on any atom is -0.506 e. The molecule has 0 amide bonds. The summed E-state index contributed by atoms with van der Waals surface area (Å²) in [7, 11) is 0. The van der Waals surface area contributed by atoms with Crippen molar-refractivity contribution in [2.24, 2.45) is 0 Å². The number of aromatic hydroxyl groups is 1. The van der Waals surface area contributed by atoms with Crippen molar-refractivity contribution < 1.29 is 5.11 Å². The molecule has 0 saturated carbocycles. The van der Waals surface area contributed by atoms with Gasteiger partial charge in [0.05, 0.1) is 0 Å². The third kappa shape index (κ3) is 1.38. The Labute approximate surface area is 81.4 Å². The van der Waals surface area contributed by atoms with Gasteiger partial charge in [-0.3, -0.25) is 0 Å². The lowest BCUT2D eigenvalue weighted by atomic mass is 10.1. The fraction of sp³-hybridized carbons (Fsp3) is 0.0909. The van der Waals surface area contributed by atoms with Crippen molar-refractivity contribution in [2.75, 3.05) is 6.26 Å². The summed E-state index contributed by atoms with van der Waals surface area (Å²) in [6, 6.07) is 11.8. The monoisotopic (exact) mass is 190 g/mol. The van der Waals surface area contributed by atoms with Gasteiger partial charge in [0.2, 0.25) is 0 Å². The van der Waals surface area contributed by atoms with Gasteiger partial charge in [-0.1, -0.05) is 30.3 Å². The van der Waals surface area contributed by atoms with Crippen molar-refractivity contribution in [1.29, 1.82) is 0 Å². The number of hydrogen-bond acceptors (Lipinski definition) is 2. The molecule has 0 fully saturated rings. The Balaban J connectivity index is 2.79. The molecule has 0 heterocycles. The molecule has 2 heteroatoms. The number of thioether (sulfide) groups is 1. The highest BCUT2D eigenvalue weighted by Gasteiger charge is 2.03. The fourth-order valence-corrected chi connectivity index (χ4v) is 1.91. The van der Waals surface area contributed by atoms with Gasteiger partial charge in [-0.15, -0.1) is 11.8 Å². The number of rotatable bonds is 1. The van der Waals surface area contributed by atoms with Gasteiger partial charge in [-0.25, -0.2) is 0 Å². The van der Waals surface area contributed by atoms with E-state index in [9.17, 15) is 5.11 Å². The highest BCUT2D eigenvalue weighted by Crippen LogP contribution is 2.33. The van der Waals surface area contributed by atoms with Crippen molar-refractivity contribution in [2.45, 2.75) is 4.90 Å². The van der Waals surface area contributed by atoms with Crippen LogP contribution in [-0.2, 0) is 0 Å². The molecule has 0 aliphatic rings. The molecule has 0 radical (unpaired) electrons. The fourth-order valence-electron chi connectivity index (χ4n) is 1.40. The maximum absolute atomic E-state index is 9.83. The van der Waals surface area contributed by atoms with Crippen LogP contribution in [0.2, 0.25) is 0 Å². The van der Waals surface area contributed by atoms with E-state index in [2.05, 4.69) is 0 Å². The maximum Gasteiger partial charge on any atom is 0.136 e. The van der Waals surface area contributed by atoms with Crippen molar-refractivity contribution >= 4 is 22.5 Å². The Hall–Kier alpha value is -1.15. The van der Waals surface area contributed by atoms with Crippen LogP contribution in [0.5, 0.6) is 5.75 Å². The zero-order chi connectivity index (χ0) is 9.26. The van der Waals surface area contributed by atoms with Crippen LogP contribution >= 0.6 is 11.8 Å². The van der Waals surface area contributed by atoms with Crippen LogP contribution in [-0.4, -0.2) is 11.4 Å². The second-order valence-electron chi connectivity index (χ2n) is 2.84. The Morgan fingerprint density at radius 1 is 1.08 bits per heavy atom. The highest BCUT2D eigenvalue weighted by molar-refractivity contribution is 7.98. The smallest absolute Gasteiger partial charge is 0.136 e. The van der Waals surface area contributed by atoms with E-state index in [0.29, 0.717) is 5.75 Å². The number of benzene rings is 2. The molecule has 2 aromatic rings. The predicted octanol–water partition coefficient (Wildman–Crippen LogP) is 3.27. The lowest BCUT2D eigenvalue weighted by Gasteiger charge is -2.04. The summed E-state index contributed by atoms with van der Waals surface area (Å²) in [5, 5.41) is 11.8. The molecule has 66 valence electrons. The zero-order valence-electron chi connectivity index (χ0n) is 7.32. The van der Waals surface area contributed by atoms with Gasteiger partial charge in [-0.05, 0) is 17.7 Å². The number of fused-ring (bicyclic) bond motifs is 1. The largest absolute Gasteiger partial charge is 0.506 e. The van der Waals surface area contributed by atoms with E-state index in [0.717, 1.165) is 15.7 Å². The molecule has 0 atom stereocenters. The molecule has 1 N–H and O–H groups in total. The van der Waals surface area contributed by atoms with Crippen molar-refractivity contribution in [1.82, 2.24) is 0 Å². The van der Waals surface area contributed by atoms with E-state index in [4.69, 9.17) is 0 Å². The maximum atomic E-state index is 9.83. The van der Waals surface area contributed by atoms with Crippen LogP contribution in [0.3, 0.4) is 0 Å². The third-order valence-electron chi connectivity index (χ3n) is 2.08. The molecule has 2 aromatic carbocycles. The first kappa shape index (κ1) is 8.45. The Morgan fingerprint density at radius 2 is 1.85 bits per heavy atom. The Morgan fingerprint density at radius 3 is 2.62 bits per heavy atom. The molecule has 0 spiro atoms. The van der Waals surface area contributed by atoms with Crippen LogP contribution < -0.4 is 0 Å². The summed E-state index contributed by atoms with van der Waals surface area (Å²) in [4.78, 5) is 0.929. The van der Waals surface area contributed by atoms with Crippen LogP contribution in [0.25, 0.3) is 10.8 Å². The molecule has 0 bridgehead atoms. The van der Waals surface area contributed by atoms with Crippen molar-refractivity contribution in [3.63, 3.8) is 0 Å². The quantitative estimate of drug-likeness (QED) is 0.696. The van der Waals surface area contributed by atoms with Crippen LogP contribution in [0.1, 0.15) is 0 Å². The van der Waals surface area contributed by atoms with E-state index >= 15 is 0 Å². The Kier molecular flexibility index (Phi) is 2.15. The summed E-state index contributed by atoms with van der Waals surface area (Å²) in [6.07, 6.45) is 1.96. The first-order valence-electron chi connectivity index (χ1n) is 4.07. The first-order valence-corrected chi connectivity index (χ1v) is 5.30. The lowest BCUT2D eigenvalue weighted by Crippen LogP contribution is -1.76. The standard InChI is InChI=1S/C11H10OS/c1-13-10-7-6-8-4-2-3-5-9(8)11(10)12/h2-7,12H,1H3. The third-order valence-corrected chi connectivity index (χ3v) is 2.85. The van der Waals surface area contributed by atoms with Gasteiger partial charge in [0.25, 0.3) is 0 Å². The average Bonchev–Trinajstić information content (AvgIpc) is 2.19. The molecule has 0 aliphatic heterocycles. The first-order chi connectivity index (χ1) is 6.33.